The monoisotopic (exact) mass is 261 g/mol. The predicted octanol–water partition coefficient (Wildman–Crippen LogP) is 1.32. The van der Waals surface area contributed by atoms with Crippen molar-refractivity contribution in [2.45, 2.75) is 0 Å². The number of aromatic amines is 1. The van der Waals surface area contributed by atoms with Crippen LogP contribution in [0.3, 0.4) is 0 Å². The normalized spacial score (nSPS) is 9.78. The average Bonchev–Trinajstić information content (AvgIpc) is 2.78. The molecule has 0 saturated carbocycles. The molecule has 0 aliphatic heterocycles. The number of primary amides is 1. The number of nitrogens with two attached hydrogens (primary N) is 1. The second-order valence-corrected chi connectivity index (χ2v) is 3.88. The van der Waals surface area contributed by atoms with E-state index in [0.717, 1.165) is 5.69 Å². The Morgan fingerprint density at radius 1 is 1.28 bits per heavy atom. The first-order valence-corrected chi connectivity index (χ1v) is 5.54. The van der Waals surface area contributed by atoms with Crippen LogP contribution in [0.25, 0.3) is 0 Å². The SMILES string of the molecule is NC(=O)c1cn[nH]c1NC(=S)Nc1ccccc1. The molecule has 18 heavy (non-hydrogen) atoms. The molecule has 0 aliphatic carbocycles. The summed E-state index contributed by atoms with van der Waals surface area (Å²) in [4.78, 5) is 11.1. The highest BCUT2D eigenvalue weighted by atomic mass is 32.1. The molecule has 0 bridgehead atoms. The molecule has 0 unspecified atom stereocenters. The molecule has 92 valence electrons. The van der Waals surface area contributed by atoms with Crippen LogP contribution in [-0.2, 0) is 0 Å². The zero-order valence-electron chi connectivity index (χ0n) is 9.31. The van der Waals surface area contributed by atoms with Crippen molar-refractivity contribution in [1.29, 1.82) is 0 Å². The van der Waals surface area contributed by atoms with E-state index in [-0.39, 0.29) is 5.56 Å². The Morgan fingerprint density at radius 2 is 2.00 bits per heavy atom. The van der Waals surface area contributed by atoms with E-state index in [4.69, 9.17) is 18.0 Å². The zero-order chi connectivity index (χ0) is 13.0. The first-order chi connectivity index (χ1) is 8.66. The van der Waals surface area contributed by atoms with E-state index in [1.54, 1.807) is 0 Å². The second-order valence-electron chi connectivity index (χ2n) is 3.47. The predicted molar refractivity (Wildman–Crippen MR) is 73.4 cm³/mol. The van der Waals surface area contributed by atoms with Gasteiger partial charge in [-0.15, -0.1) is 0 Å². The minimum Gasteiger partial charge on any atom is -0.365 e. The third-order valence-electron chi connectivity index (χ3n) is 2.17. The van der Waals surface area contributed by atoms with Gasteiger partial charge in [-0.05, 0) is 24.4 Å². The van der Waals surface area contributed by atoms with E-state index in [2.05, 4.69) is 20.8 Å². The lowest BCUT2D eigenvalue weighted by Crippen LogP contribution is -2.21. The number of hydrogen-bond acceptors (Lipinski definition) is 3. The van der Waals surface area contributed by atoms with Crippen molar-refractivity contribution in [3.8, 4) is 0 Å². The van der Waals surface area contributed by atoms with Gasteiger partial charge in [0, 0.05) is 5.69 Å². The highest BCUT2D eigenvalue weighted by molar-refractivity contribution is 7.80. The number of anilines is 2. The van der Waals surface area contributed by atoms with Crippen LogP contribution in [0.4, 0.5) is 11.5 Å². The molecule has 1 aromatic heterocycles. The van der Waals surface area contributed by atoms with Gasteiger partial charge in [0.1, 0.15) is 11.4 Å². The number of nitrogens with zero attached hydrogens (tertiary/aromatic N) is 1. The summed E-state index contributed by atoms with van der Waals surface area (Å²) in [5.41, 5.74) is 6.28. The number of aromatic nitrogens is 2. The molecule has 7 heteroatoms. The van der Waals surface area contributed by atoms with Gasteiger partial charge in [0.05, 0.1) is 6.20 Å². The van der Waals surface area contributed by atoms with Gasteiger partial charge < -0.3 is 16.4 Å². The second kappa shape index (κ2) is 5.28. The molecule has 0 atom stereocenters. The van der Waals surface area contributed by atoms with Gasteiger partial charge in [0.2, 0.25) is 0 Å². The van der Waals surface area contributed by atoms with Gasteiger partial charge in [-0.3, -0.25) is 9.89 Å². The number of hydrogen-bond donors (Lipinski definition) is 4. The Balaban J connectivity index is 2.04. The lowest BCUT2D eigenvalue weighted by molar-refractivity contribution is 0.100. The van der Waals surface area contributed by atoms with Crippen LogP contribution in [-0.4, -0.2) is 21.2 Å². The van der Waals surface area contributed by atoms with Gasteiger partial charge >= 0.3 is 0 Å². The van der Waals surface area contributed by atoms with Crippen LogP contribution in [0, 0.1) is 0 Å². The van der Waals surface area contributed by atoms with Crippen molar-refractivity contribution >= 4 is 34.7 Å². The van der Waals surface area contributed by atoms with E-state index in [9.17, 15) is 4.79 Å². The van der Waals surface area contributed by atoms with Crippen LogP contribution < -0.4 is 16.4 Å². The quantitative estimate of drug-likeness (QED) is 0.625. The number of para-hydroxylation sites is 1. The Bertz CT molecular complexity index is 566. The van der Waals surface area contributed by atoms with E-state index in [1.165, 1.54) is 6.20 Å². The summed E-state index contributed by atoms with van der Waals surface area (Å²) in [5, 5.41) is 12.5. The average molecular weight is 261 g/mol. The van der Waals surface area contributed by atoms with Crippen LogP contribution in [0.1, 0.15) is 10.4 Å². The maximum Gasteiger partial charge on any atom is 0.254 e. The summed E-state index contributed by atoms with van der Waals surface area (Å²) in [6.07, 6.45) is 1.34. The largest absolute Gasteiger partial charge is 0.365 e. The highest BCUT2D eigenvalue weighted by Crippen LogP contribution is 2.11. The minimum atomic E-state index is -0.575. The Hall–Kier alpha value is -2.41. The summed E-state index contributed by atoms with van der Waals surface area (Å²) in [5.74, 6) is -0.204. The van der Waals surface area contributed by atoms with Crippen molar-refractivity contribution in [2.75, 3.05) is 10.6 Å². The number of benzene rings is 1. The molecule has 1 aromatic carbocycles. The van der Waals surface area contributed by atoms with E-state index < -0.39 is 5.91 Å². The lowest BCUT2D eigenvalue weighted by atomic mass is 10.3. The summed E-state index contributed by atoms with van der Waals surface area (Å²) in [6.45, 7) is 0. The summed E-state index contributed by atoms with van der Waals surface area (Å²) >= 11 is 5.11. The number of thiocarbonyl (C=S) groups is 1. The summed E-state index contributed by atoms with van der Waals surface area (Å²) in [6, 6.07) is 9.42. The van der Waals surface area contributed by atoms with Gasteiger partial charge in [0.15, 0.2) is 5.11 Å². The van der Waals surface area contributed by atoms with E-state index in [0.29, 0.717) is 10.9 Å². The van der Waals surface area contributed by atoms with E-state index in [1.807, 2.05) is 30.3 Å². The number of carbonyl (C=O) groups excluding carboxylic acids is 1. The van der Waals surface area contributed by atoms with Crippen LogP contribution in [0.2, 0.25) is 0 Å². The maximum atomic E-state index is 11.1. The van der Waals surface area contributed by atoms with Crippen molar-refractivity contribution in [1.82, 2.24) is 10.2 Å². The molecule has 1 amide bonds. The van der Waals surface area contributed by atoms with Crippen LogP contribution in [0.15, 0.2) is 36.5 Å². The Kier molecular flexibility index (Phi) is 3.54. The van der Waals surface area contributed by atoms with Crippen LogP contribution >= 0.6 is 12.2 Å². The molecular weight excluding hydrogens is 250 g/mol. The topological polar surface area (TPSA) is 95.8 Å². The number of rotatable bonds is 3. The number of carbonyl (C=O) groups is 1. The number of amides is 1. The standard InChI is InChI=1S/C11H11N5OS/c12-9(17)8-6-13-16-10(8)15-11(18)14-7-4-2-1-3-5-7/h1-6H,(H2,12,17)(H3,13,14,15,16,18). The molecule has 0 radical (unpaired) electrons. The smallest absolute Gasteiger partial charge is 0.254 e. The molecule has 0 saturated heterocycles. The van der Waals surface area contributed by atoms with Gasteiger partial charge in [-0.25, -0.2) is 0 Å². The van der Waals surface area contributed by atoms with Crippen LogP contribution in [0.5, 0.6) is 0 Å². The van der Waals surface area contributed by atoms with Gasteiger partial charge in [0.25, 0.3) is 5.91 Å². The van der Waals surface area contributed by atoms with Crippen molar-refractivity contribution < 1.29 is 4.79 Å². The lowest BCUT2D eigenvalue weighted by Gasteiger charge is -2.09. The van der Waals surface area contributed by atoms with Crippen molar-refractivity contribution in [3.63, 3.8) is 0 Å². The Labute approximate surface area is 109 Å². The highest BCUT2D eigenvalue weighted by Gasteiger charge is 2.11. The number of nitrogens with one attached hydrogen (secondary N) is 3. The fourth-order valence-corrected chi connectivity index (χ4v) is 1.59. The molecule has 2 rings (SSSR count). The molecule has 2 aromatic rings. The fraction of sp³-hybridized carbons (Fsp3) is 0. The molecule has 0 aliphatic rings. The maximum absolute atomic E-state index is 11.1. The fourth-order valence-electron chi connectivity index (χ4n) is 1.37. The first kappa shape index (κ1) is 12.1. The Morgan fingerprint density at radius 3 is 2.67 bits per heavy atom. The minimum absolute atomic E-state index is 0.257. The molecule has 6 nitrogen and oxygen atoms in total. The third-order valence-corrected chi connectivity index (χ3v) is 2.38. The van der Waals surface area contributed by atoms with E-state index >= 15 is 0 Å². The third kappa shape index (κ3) is 2.83. The first-order valence-electron chi connectivity index (χ1n) is 5.13. The summed E-state index contributed by atoms with van der Waals surface area (Å²) in [7, 11) is 0. The molecule has 0 spiro atoms. The molecular formula is C11H11N5OS. The molecule has 0 fully saturated rings. The zero-order valence-corrected chi connectivity index (χ0v) is 10.1. The number of H-pyrrole nitrogens is 1. The molecule has 1 heterocycles. The van der Waals surface area contributed by atoms with Crippen molar-refractivity contribution in [3.05, 3.63) is 42.1 Å². The molecule has 5 N–H and O–H groups in total. The van der Waals surface area contributed by atoms with Gasteiger partial charge in [-0.2, -0.15) is 5.10 Å². The van der Waals surface area contributed by atoms with Crippen molar-refractivity contribution in [2.24, 2.45) is 5.73 Å². The van der Waals surface area contributed by atoms with Gasteiger partial charge in [-0.1, -0.05) is 18.2 Å². The summed E-state index contributed by atoms with van der Waals surface area (Å²) < 4.78 is 0.